The van der Waals surface area contributed by atoms with E-state index >= 15 is 0 Å². The first-order valence-corrected chi connectivity index (χ1v) is 9.86. The lowest BCUT2D eigenvalue weighted by atomic mass is 10.1. The minimum absolute atomic E-state index is 0.564. The average molecular weight is 344 g/mol. The van der Waals surface area contributed by atoms with Crippen LogP contribution < -0.4 is 4.74 Å². The first-order valence-electron chi connectivity index (χ1n) is 9.86. The molecular weight excluding hydrogens is 310 g/mol. The van der Waals surface area contributed by atoms with Crippen LogP contribution in [0.3, 0.4) is 0 Å². The number of ether oxygens (including phenoxy) is 2. The van der Waals surface area contributed by atoms with Gasteiger partial charge in [0.15, 0.2) is 0 Å². The van der Waals surface area contributed by atoms with E-state index < -0.39 is 0 Å². The molecule has 0 radical (unpaired) electrons. The number of unbranched alkanes of at least 4 members (excludes halogenated alkanes) is 5. The zero-order valence-electron chi connectivity index (χ0n) is 16.1. The summed E-state index contributed by atoms with van der Waals surface area (Å²) in [5.41, 5.74) is 3.10. The van der Waals surface area contributed by atoms with Crippen molar-refractivity contribution in [2.75, 3.05) is 13.2 Å². The topological polar surface area (TPSA) is 31.4 Å². The quantitative estimate of drug-likeness (QED) is 0.429. The van der Waals surface area contributed by atoms with Crippen LogP contribution in [0, 0.1) is 6.92 Å². The van der Waals surface area contributed by atoms with Crippen molar-refractivity contribution in [2.45, 2.75) is 72.3 Å². The van der Waals surface area contributed by atoms with Gasteiger partial charge in [0.25, 0.3) is 0 Å². The minimum atomic E-state index is 0.564. The fraction of sp³-hybridized carbons (Fsp3) is 0.591. The van der Waals surface area contributed by atoms with Crippen LogP contribution in [-0.2, 0) is 11.3 Å². The van der Waals surface area contributed by atoms with Crippen molar-refractivity contribution in [3.63, 3.8) is 0 Å². The molecular formula is C22H33NO2. The highest BCUT2D eigenvalue weighted by Gasteiger charge is 2.13. The third-order valence-corrected chi connectivity index (χ3v) is 4.55. The molecule has 2 aromatic rings. The Morgan fingerprint density at radius 3 is 2.44 bits per heavy atom. The molecule has 0 aliphatic heterocycles. The molecule has 3 heteroatoms. The van der Waals surface area contributed by atoms with Crippen molar-refractivity contribution in [3.05, 3.63) is 35.5 Å². The van der Waals surface area contributed by atoms with Gasteiger partial charge in [-0.3, -0.25) is 0 Å². The summed E-state index contributed by atoms with van der Waals surface area (Å²) in [5.74, 6) is 0.973. The molecule has 0 amide bonds. The van der Waals surface area contributed by atoms with E-state index in [1.54, 1.807) is 0 Å². The molecule has 2 rings (SSSR count). The fourth-order valence-corrected chi connectivity index (χ4v) is 2.95. The maximum absolute atomic E-state index is 6.11. The van der Waals surface area contributed by atoms with Gasteiger partial charge in [0.1, 0.15) is 5.75 Å². The molecule has 1 aromatic heterocycles. The number of pyridine rings is 1. The second-order valence-electron chi connectivity index (χ2n) is 6.70. The zero-order valence-corrected chi connectivity index (χ0v) is 16.1. The molecule has 0 atom stereocenters. The summed E-state index contributed by atoms with van der Waals surface area (Å²) in [6, 6.07) is 8.21. The van der Waals surface area contributed by atoms with Crippen LogP contribution in [0.15, 0.2) is 24.3 Å². The number of aromatic nitrogens is 1. The molecule has 0 bridgehead atoms. The highest BCUT2D eigenvalue weighted by atomic mass is 16.5. The first kappa shape index (κ1) is 19.7. The highest BCUT2D eigenvalue weighted by Crippen LogP contribution is 2.31. The van der Waals surface area contributed by atoms with Gasteiger partial charge in [0.05, 0.1) is 24.4 Å². The van der Waals surface area contributed by atoms with E-state index in [0.29, 0.717) is 6.61 Å². The van der Waals surface area contributed by atoms with Crippen molar-refractivity contribution in [1.29, 1.82) is 0 Å². The van der Waals surface area contributed by atoms with Crippen molar-refractivity contribution < 1.29 is 9.47 Å². The molecule has 0 aliphatic carbocycles. The Hall–Kier alpha value is -1.61. The maximum atomic E-state index is 6.11. The molecule has 0 saturated heterocycles. The van der Waals surface area contributed by atoms with E-state index in [1.165, 1.54) is 25.7 Å². The molecule has 0 spiro atoms. The van der Waals surface area contributed by atoms with Crippen LogP contribution in [-0.4, -0.2) is 18.2 Å². The standard InChI is InChI=1S/C22H33NO2/c1-4-6-8-9-12-15-24-17-21-18(3)22(25-16-7-5-2)19-13-10-11-14-20(19)23-21/h10-11,13-14H,4-9,12,15-17H2,1-3H3. The van der Waals surface area contributed by atoms with E-state index in [9.17, 15) is 0 Å². The van der Waals surface area contributed by atoms with Crippen molar-refractivity contribution in [1.82, 2.24) is 4.98 Å². The van der Waals surface area contributed by atoms with Gasteiger partial charge >= 0.3 is 0 Å². The highest BCUT2D eigenvalue weighted by molar-refractivity contribution is 5.86. The Balaban J connectivity index is 2.02. The van der Waals surface area contributed by atoms with Crippen LogP contribution in [0.1, 0.15) is 70.1 Å². The van der Waals surface area contributed by atoms with Crippen molar-refractivity contribution in [3.8, 4) is 5.75 Å². The fourth-order valence-electron chi connectivity index (χ4n) is 2.95. The molecule has 25 heavy (non-hydrogen) atoms. The number of hydrogen-bond donors (Lipinski definition) is 0. The summed E-state index contributed by atoms with van der Waals surface area (Å²) in [6.07, 6.45) is 8.50. The Morgan fingerprint density at radius 2 is 1.64 bits per heavy atom. The molecule has 1 heterocycles. The van der Waals surface area contributed by atoms with Gasteiger partial charge in [0, 0.05) is 17.6 Å². The van der Waals surface area contributed by atoms with E-state index in [2.05, 4.69) is 32.9 Å². The molecule has 0 unspecified atom stereocenters. The van der Waals surface area contributed by atoms with E-state index in [0.717, 1.165) is 60.4 Å². The Bertz CT molecular complexity index is 639. The van der Waals surface area contributed by atoms with Crippen LogP contribution in [0.5, 0.6) is 5.75 Å². The molecule has 0 aliphatic rings. The summed E-state index contributed by atoms with van der Waals surface area (Å²) in [4.78, 5) is 4.81. The maximum Gasteiger partial charge on any atom is 0.133 e. The van der Waals surface area contributed by atoms with Crippen molar-refractivity contribution >= 4 is 10.9 Å². The van der Waals surface area contributed by atoms with E-state index in [4.69, 9.17) is 14.5 Å². The van der Waals surface area contributed by atoms with Gasteiger partial charge in [-0.2, -0.15) is 0 Å². The van der Waals surface area contributed by atoms with E-state index in [1.807, 2.05) is 12.1 Å². The predicted molar refractivity (Wildman–Crippen MR) is 105 cm³/mol. The molecule has 0 saturated carbocycles. The summed E-state index contributed by atoms with van der Waals surface area (Å²) in [6.45, 7) is 8.65. The van der Waals surface area contributed by atoms with Crippen LogP contribution in [0.2, 0.25) is 0 Å². The average Bonchev–Trinajstić information content (AvgIpc) is 2.63. The van der Waals surface area contributed by atoms with Gasteiger partial charge in [0.2, 0.25) is 0 Å². The number of fused-ring (bicyclic) bond motifs is 1. The number of para-hydroxylation sites is 1. The molecule has 0 N–H and O–H groups in total. The number of hydrogen-bond acceptors (Lipinski definition) is 3. The number of benzene rings is 1. The number of nitrogens with zero attached hydrogens (tertiary/aromatic N) is 1. The minimum Gasteiger partial charge on any atom is -0.493 e. The third kappa shape index (κ3) is 6.00. The smallest absolute Gasteiger partial charge is 0.133 e. The largest absolute Gasteiger partial charge is 0.493 e. The van der Waals surface area contributed by atoms with Gasteiger partial charge in [-0.15, -0.1) is 0 Å². The van der Waals surface area contributed by atoms with Gasteiger partial charge in [-0.25, -0.2) is 4.98 Å². The SMILES string of the molecule is CCCCCCCOCc1nc2ccccc2c(OCCCC)c1C. The first-order chi connectivity index (χ1) is 12.3. The zero-order chi connectivity index (χ0) is 17.9. The van der Waals surface area contributed by atoms with Crippen LogP contribution in [0.4, 0.5) is 0 Å². The van der Waals surface area contributed by atoms with Crippen LogP contribution in [0.25, 0.3) is 10.9 Å². The lowest BCUT2D eigenvalue weighted by molar-refractivity contribution is 0.113. The summed E-state index contributed by atoms with van der Waals surface area (Å²) in [7, 11) is 0. The summed E-state index contributed by atoms with van der Waals surface area (Å²) in [5, 5.41) is 1.10. The Labute approximate surface area is 152 Å². The lowest BCUT2D eigenvalue weighted by Gasteiger charge is -2.15. The van der Waals surface area contributed by atoms with Gasteiger partial charge < -0.3 is 9.47 Å². The van der Waals surface area contributed by atoms with E-state index in [-0.39, 0.29) is 0 Å². The predicted octanol–water partition coefficient (Wildman–Crippen LogP) is 6.21. The lowest BCUT2D eigenvalue weighted by Crippen LogP contribution is -2.05. The molecule has 138 valence electrons. The third-order valence-electron chi connectivity index (χ3n) is 4.55. The summed E-state index contributed by atoms with van der Waals surface area (Å²) < 4.78 is 12.0. The van der Waals surface area contributed by atoms with Gasteiger partial charge in [-0.05, 0) is 31.9 Å². The summed E-state index contributed by atoms with van der Waals surface area (Å²) >= 11 is 0. The number of rotatable bonds is 12. The second-order valence-corrected chi connectivity index (χ2v) is 6.70. The van der Waals surface area contributed by atoms with Gasteiger partial charge in [-0.1, -0.05) is 58.1 Å². The Kier molecular flexibility index (Phi) is 8.75. The Morgan fingerprint density at radius 1 is 0.880 bits per heavy atom. The molecule has 0 fully saturated rings. The second kappa shape index (κ2) is 11.1. The van der Waals surface area contributed by atoms with Crippen LogP contribution >= 0.6 is 0 Å². The normalized spacial score (nSPS) is 11.2. The molecule has 3 nitrogen and oxygen atoms in total. The van der Waals surface area contributed by atoms with Crippen molar-refractivity contribution in [2.24, 2.45) is 0 Å². The monoisotopic (exact) mass is 343 g/mol. The molecule has 1 aromatic carbocycles.